The second-order valence-corrected chi connectivity index (χ2v) is 10.1. The first kappa shape index (κ1) is 23.6. The fraction of sp³-hybridized carbons (Fsp3) is 0.381. The van der Waals surface area contributed by atoms with E-state index in [4.69, 9.17) is 0 Å². The molecule has 0 spiro atoms. The molecule has 31 heavy (non-hydrogen) atoms. The van der Waals surface area contributed by atoms with Gasteiger partial charge in [-0.25, -0.2) is 26.6 Å². The van der Waals surface area contributed by atoms with E-state index in [9.17, 15) is 21.6 Å². The zero-order chi connectivity index (χ0) is 22.9. The summed E-state index contributed by atoms with van der Waals surface area (Å²) in [5.74, 6) is -3.31. The van der Waals surface area contributed by atoms with E-state index in [1.165, 1.54) is 16.4 Å². The molecule has 10 heteroatoms. The Morgan fingerprint density at radius 1 is 1.06 bits per heavy atom. The van der Waals surface area contributed by atoms with Crippen molar-refractivity contribution in [1.29, 1.82) is 0 Å². The maximum atomic E-state index is 14.0. The summed E-state index contributed by atoms with van der Waals surface area (Å²) in [6, 6.07) is 6.34. The first-order chi connectivity index (χ1) is 14.6. The third kappa shape index (κ3) is 4.47. The van der Waals surface area contributed by atoms with Gasteiger partial charge in [0.2, 0.25) is 10.0 Å². The smallest absolute Gasteiger partial charge is 0.243 e. The lowest BCUT2D eigenvalue weighted by molar-refractivity contribution is 0.445. The third-order valence-corrected chi connectivity index (χ3v) is 8.00. The second kappa shape index (κ2) is 9.22. The minimum absolute atomic E-state index is 0.0417. The largest absolute Gasteiger partial charge is 0.316 e. The number of hydrogen-bond acceptors (Lipinski definition) is 4. The molecule has 0 aliphatic carbocycles. The summed E-state index contributed by atoms with van der Waals surface area (Å²) in [6.07, 6.45) is 0. The van der Waals surface area contributed by atoms with Crippen molar-refractivity contribution in [2.75, 3.05) is 13.1 Å². The normalized spacial score (nSPS) is 12.4. The third-order valence-electron chi connectivity index (χ3n) is 4.97. The molecule has 0 radical (unpaired) electrons. The van der Waals surface area contributed by atoms with Crippen LogP contribution in [0, 0.1) is 17.5 Å². The Labute approximate surface area is 184 Å². The first-order valence-corrected chi connectivity index (χ1v) is 12.3. The van der Waals surface area contributed by atoms with Gasteiger partial charge in [0.15, 0.2) is 16.8 Å². The number of hydrogen-bond donors (Lipinski definition) is 0. The fourth-order valence-electron chi connectivity index (χ4n) is 3.37. The van der Waals surface area contributed by atoms with Gasteiger partial charge in [-0.2, -0.15) is 4.31 Å². The van der Waals surface area contributed by atoms with Gasteiger partial charge in [0.1, 0.15) is 5.82 Å². The number of rotatable bonds is 8. The number of imidazole rings is 1. The fourth-order valence-corrected chi connectivity index (χ4v) is 6.00. The molecule has 0 aliphatic rings. The van der Waals surface area contributed by atoms with Gasteiger partial charge >= 0.3 is 0 Å². The van der Waals surface area contributed by atoms with Crippen LogP contribution in [0.2, 0.25) is 0 Å². The second-order valence-electron chi connectivity index (χ2n) is 7.21. The Kier molecular flexibility index (Phi) is 7.02. The van der Waals surface area contributed by atoms with Crippen molar-refractivity contribution in [3.8, 4) is 0 Å². The number of nitrogens with zero attached hydrogens (tertiary/aromatic N) is 3. The first-order valence-electron chi connectivity index (χ1n) is 9.89. The summed E-state index contributed by atoms with van der Waals surface area (Å²) in [4.78, 5) is 4.66. The van der Waals surface area contributed by atoms with Gasteiger partial charge in [0.05, 0.1) is 15.9 Å². The number of fused-ring (bicyclic) bond motifs is 1. The quantitative estimate of drug-likeness (QED) is 0.328. The van der Waals surface area contributed by atoms with Crippen molar-refractivity contribution in [2.45, 2.75) is 49.5 Å². The maximum absolute atomic E-state index is 14.0. The highest BCUT2D eigenvalue weighted by atomic mass is 32.2. The number of aromatic nitrogens is 2. The highest BCUT2D eigenvalue weighted by molar-refractivity contribution is 7.98. The van der Waals surface area contributed by atoms with Crippen molar-refractivity contribution in [1.82, 2.24) is 13.9 Å². The van der Waals surface area contributed by atoms with Gasteiger partial charge in [-0.05, 0) is 44.2 Å². The molecule has 0 bridgehead atoms. The van der Waals surface area contributed by atoms with Crippen LogP contribution in [0.3, 0.4) is 0 Å². The molecule has 0 saturated carbocycles. The monoisotopic (exact) mass is 471 g/mol. The highest BCUT2D eigenvalue weighted by Crippen LogP contribution is 2.32. The predicted molar refractivity (Wildman–Crippen MR) is 116 cm³/mol. The van der Waals surface area contributed by atoms with Crippen LogP contribution >= 0.6 is 11.8 Å². The molecule has 3 aromatic rings. The van der Waals surface area contributed by atoms with Crippen LogP contribution in [0.1, 0.15) is 39.3 Å². The van der Waals surface area contributed by atoms with Crippen LogP contribution < -0.4 is 0 Å². The lowest BCUT2D eigenvalue weighted by Gasteiger charge is -2.18. The standard InChI is InChI=1S/C21H24F3N3O2S2/c1-5-26(6-2)31(28,29)14-7-10-19-18(11-14)25-21(27(19)13(3)4)30-12-15-16(22)8-9-17(23)20(15)24/h7-11,13H,5-6,12H2,1-4H3. The molecule has 1 heterocycles. The molecular weight excluding hydrogens is 447 g/mol. The molecule has 0 unspecified atom stereocenters. The average Bonchev–Trinajstić information content (AvgIpc) is 3.09. The van der Waals surface area contributed by atoms with E-state index in [2.05, 4.69) is 4.98 Å². The molecule has 3 rings (SSSR count). The molecule has 0 fully saturated rings. The van der Waals surface area contributed by atoms with E-state index < -0.39 is 27.5 Å². The summed E-state index contributed by atoms with van der Waals surface area (Å²) >= 11 is 1.07. The SMILES string of the molecule is CCN(CC)S(=O)(=O)c1ccc2c(c1)nc(SCc1c(F)ccc(F)c1F)n2C(C)C. The van der Waals surface area contributed by atoms with Crippen molar-refractivity contribution >= 4 is 32.8 Å². The van der Waals surface area contributed by atoms with Gasteiger partial charge in [-0.15, -0.1) is 0 Å². The van der Waals surface area contributed by atoms with Crippen molar-refractivity contribution < 1.29 is 21.6 Å². The Hall–Kier alpha value is -2.04. The zero-order valence-corrected chi connectivity index (χ0v) is 19.3. The summed E-state index contributed by atoms with van der Waals surface area (Å²) in [5.41, 5.74) is 0.804. The van der Waals surface area contributed by atoms with Crippen molar-refractivity contribution in [2.24, 2.45) is 0 Å². The van der Waals surface area contributed by atoms with Crippen molar-refractivity contribution in [3.63, 3.8) is 0 Å². The van der Waals surface area contributed by atoms with Crippen LogP contribution in [0.4, 0.5) is 13.2 Å². The molecule has 2 aromatic carbocycles. The minimum Gasteiger partial charge on any atom is -0.316 e. The van der Waals surface area contributed by atoms with E-state index in [-0.39, 0.29) is 22.3 Å². The summed E-state index contributed by atoms with van der Waals surface area (Å²) in [6.45, 7) is 8.09. The van der Waals surface area contributed by atoms with Gasteiger partial charge in [0, 0.05) is 30.4 Å². The van der Waals surface area contributed by atoms with Gasteiger partial charge in [-0.3, -0.25) is 0 Å². The van der Waals surface area contributed by atoms with E-state index in [1.54, 1.807) is 19.9 Å². The van der Waals surface area contributed by atoms with E-state index in [1.807, 2.05) is 18.4 Å². The van der Waals surface area contributed by atoms with Crippen LogP contribution in [-0.4, -0.2) is 35.4 Å². The number of halogens is 3. The van der Waals surface area contributed by atoms with E-state index in [0.717, 1.165) is 23.9 Å². The van der Waals surface area contributed by atoms with Gasteiger partial charge < -0.3 is 4.57 Å². The Bertz CT molecular complexity index is 1210. The van der Waals surface area contributed by atoms with Crippen molar-refractivity contribution in [3.05, 3.63) is 53.3 Å². The molecule has 5 nitrogen and oxygen atoms in total. The molecular formula is C21H24F3N3O2S2. The topological polar surface area (TPSA) is 55.2 Å². The maximum Gasteiger partial charge on any atom is 0.243 e. The van der Waals surface area contributed by atoms with Crippen LogP contribution in [0.25, 0.3) is 11.0 Å². The molecule has 168 valence electrons. The lowest BCUT2D eigenvalue weighted by Crippen LogP contribution is -2.30. The number of benzene rings is 2. The molecule has 0 aliphatic heterocycles. The average molecular weight is 472 g/mol. The summed E-state index contributed by atoms with van der Waals surface area (Å²) in [5, 5.41) is 0.463. The predicted octanol–water partition coefficient (Wildman–Crippen LogP) is 5.36. The molecule has 0 atom stereocenters. The minimum atomic E-state index is -3.65. The molecule has 0 N–H and O–H groups in total. The van der Waals surface area contributed by atoms with Crippen LogP contribution in [-0.2, 0) is 15.8 Å². The van der Waals surface area contributed by atoms with Gasteiger partial charge in [0.25, 0.3) is 0 Å². The summed E-state index contributed by atoms with van der Waals surface area (Å²) in [7, 11) is -3.65. The molecule has 1 aromatic heterocycles. The number of sulfonamides is 1. The zero-order valence-electron chi connectivity index (χ0n) is 17.7. The highest BCUT2D eigenvalue weighted by Gasteiger charge is 2.24. The number of thioether (sulfide) groups is 1. The van der Waals surface area contributed by atoms with E-state index in [0.29, 0.717) is 29.3 Å². The Balaban J connectivity index is 2.03. The summed E-state index contributed by atoms with van der Waals surface area (Å²) < 4.78 is 70.5. The Morgan fingerprint density at radius 3 is 2.32 bits per heavy atom. The van der Waals surface area contributed by atoms with E-state index >= 15 is 0 Å². The van der Waals surface area contributed by atoms with Crippen LogP contribution in [0.5, 0.6) is 0 Å². The van der Waals surface area contributed by atoms with Crippen LogP contribution in [0.15, 0.2) is 40.4 Å². The lowest BCUT2D eigenvalue weighted by atomic mass is 10.2. The van der Waals surface area contributed by atoms with Gasteiger partial charge in [-0.1, -0.05) is 25.6 Å². The molecule has 0 amide bonds. The Morgan fingerprint density at radius 2 is 1.71 bits per heavy atom. The molecule has 0 saturated heterocycles.